The molecule has 0 heterocycles. The van der Waals surface area contributed by atoms with E-state index in [9.17, 15) is 19.5 Å². The van der Waals surface area contributed by atoms with E-state index in [1.54, 1.807) is 0 Å². The Morgan fingerprint density at radius 1 is 1.00 bits per heavy atom. The van der Waals surface area contributed by atoms with Crippen molar-refractivity contribution in [3.63, 3.8) is 0 Å². The van der Waals surface area contributed by atoms with Crippen molar-refractivity contribution in [2.75, 3.05) is 6.61 Å². The smallest absolute Gasteiger partial charge is 0.407 e. The van der Waals surface area contributed by atoms with E-state index in [2.05, 4.69) is 40.8 Å². The van der Waals surface area contributed by atoms with Crippen LogP contribution in [0.25, 0.3) is 11.1 Å². The number of nitrogens with one attached hydrogen (secondary N) is 2. The van der Waals surface area contributed by atoms with E-state index < -0.39 is 36.0 Å². The predicted molar refractivity (Wildman–Crippen MR) is 132 cm³/mol. The third kappa shape index (κ3) is 5.48. The molecule has 2 aromatic carbocycles. The average molecular weight is 475 g/mol. The van der Waals surface area contributed by atoms with Gasteiger partial charge in [-0.25, -0.2) is 9.59 Å². The standard InChI is InChI=1S/C28H30N2O5/c1-2-10-25(27(32)33)29-26(31)22-15-4-3-5-16-24(22)30-28(34)35-17-23-20-13-8-6-11-18(20)19-12-7-9-14-21(19)23/h1,6-9,11-14,22-25H,3-5,10,15-17H2,(H,29,31)(H,30,34)(H,32,33). The molecule has 3 N–H and O–H groups in total. The van der Waals surface area contributed by atoms with Gasteiger partial charge in [0, 0.05) is 18.4 Å². The molecule has 3 atom stereocenters. The number of benzene rings is 2. The summed E-state index contributed by atoms with van der Waals surface area (Å²) in [5.41, 5.74) is 4.55. The lowest BCUT2D eigenvalue weighted by molar-refractivity contribution is -0.142. The van der Waals surface area contributed by atoms with Gasteiger partial charge in [0.2, 0.25) is 5.91 Å². The van der Waals surface area contributed by atoms with Gasteiger partial charge in [-0.05, 0) is 35.1 Å². The lowest BCUT2D eigenvalue weighted by Crippen LogP contribution is -2.50. The van der Waals surface area contributed by atoms with Crippen molar-refractivity contribution in [1.82, 2.24) is 10.6 Å². The number of hydrogen-bond donors (Lipinski definition) is 3. The van der Waals surface area contributed by atoms with E-state index in [0.29, 0.717) is 12.8 Å². The zero-order valence-corrected chi connectivity index (χ0v) is 19.5. The Hall–Kier alpha value is -3.79. The zero-order chi connectivity index (χ0) is 24.8. The number of alkyl carbamates (subject to hydrolysis) is 1. The highest BCUT2D eigenvalue weighted by Gasteiger charge is 2.34. The molecule has 7 heteroatoms. The Labute approximate surface area is 205 Å². The molecule has 0 aliphatic heterocycles. The van der Waals surface area contributed by atoms with Crippen molar-refractivity contribution >= 4 is 18.0 Å². The van der Waals surface area contributed by atoms with Crippen molar-refractivity contribution in [2.45, 2.75) is 56.5 Å². The summed E-state index contributed by atoms with van der Waals surface area (Å²) >= 11 is 0. The minimum Gasteiger partial charge on any atom is -0.480 e. The topological polar surface area (TPSA) is 105 Å². The quantitative estimate of drug-likeness (QED) is 0.415. The minimum atomic E-state index is -1.18. The number of carboxylic acids is 1. The summed E-state index contributed by atoms with van der Waals surface area (Å²) in [4.78, 5) is 37.2. The summed E-state index contributed by atoms with van der Waals surface area (Å²) in [6.45, 7) is 0.187. The van der Waals surface area contributed by atoms with Gasteiger partial charge >= 0.3 is 12.1 Å². The number of rotatable bonds is 7. The van der Waals surface area contributed by atoms with E-state index in [1.165, 1.54) is 0 Å². The van der Waals surface area contributed by atoms with Gasteiger partial charge in [0.25, 0.3) is 0 Å². The van der Waals surface area contributed by atoms with Gasteiger partial charge in [-0.2, -0.15) is 0 Å². The first kappa shape index (κ1) is 24.3. The van der Waals surface area contributed by atoms with E-state index >= 15 is 0 Å². The van der Waals surface area contributed by atoms with Crippen LogP contribution in [-0.2, 0) is 14.3 Å². The third-order valence-electron chi connectivity index (χ3n) is 6.94. The van der Waals surface area contributed by atoms with Gasteiger partial charge in [-0.3, -0.25) is 4.79 Å². The molecule has 182 valence electrons. The fourth-order valence-corrected chi connectivity index (χ4v) is 5.18. The maximum absolute atomic E-state index is 12.9. The summed E-state index contributed by atoms with van der Waals surface area (Å²) in [5, 5.41) is 14.8. The number of carbonyl (C=O) groups is 3. The van der Waals surface area contributed by atoms with Gasteiger partial charge in [0.05, 0.1) is 5.92 Å². The number of aliphatic carboxylic acids is 1. The molecule has 35 heavy (non-hydrogen) atoms. The lowest BCUT2D eigenvalue weighted by Gasteiger charge is -2.26. The molecule has 2 aliphatic carbocycles. The Balaban J connectivity index is 1.41. The van der Waals surface area contributed by atoms with Crippen LogP contribution in [0.1, 0.15) is 55.6 Å². The van der Waals surface area contributed by atoms with E-state index in [0.717, 1.165) is 41.5 Å². The largest absolute Gasteiger partial charge is 0.480 e. The first-order valence-electron chi connectivity index (χ1n) is 12.1. The van der Waals surface area contributed by atoms with Crippen LogP contribution >= 0.6 is 0 Å². The van der Waals surface area contributed by atoms with Crippen LogP contribution in [-0.4, -0.2) is 41.8 Å². The second-order valence-electron chi connectivity index (χ2n) is 9.13. The van der Waals surface area contributed by atoms with Crippen LogP contribution in [0.2, 0.25) is 0 Å². The molecule has 4 rings (SSSR count). The molecule has 2 amide bonds. The summed E-state index contributed by atoms with van der Waals surface area (Å²) in [6, 6.07) is 14.7. The van der Waals surface area contributed by atoms with Crippen LogP contribution in [0.5, 0.6) is 0 Å². The summed E-state index contributed by atoms with van der Waals surface area (Å²) < 4.78 is 5.67. The lowest BCUT2D eigenvalue weighted by atomic mass is 9.93. The summed E-state index contributed by atoms with van der Waals surface area (Å²) in [7, 11) is 0. The Kier molecular flexibility index (Phi) is 7.71. The maximum Gasteiger partial charge on any atom is 0.407 e. The van der Waals surface area contributed by atoms with Crippen molar-refractivity contribution in [3.05, 3.63) is 59.7 Å². The summed E-state index contributed by atoms with van der Waals surface area (Å²) in [6.07, 6.45) is 8.39. The molecule has 1 saturated carbocycles. The fraction of sp³-hybridized carbons (Fsp3) is 0.393. The Morgan fingerprint density at radius 2 is 1.63 bits per heavy atom. The van der Waals surface area contributed by atoms with E-state index in [4.69, 9.17) is 11.2 Å². The first-order valence-corrected chi connectivity index (χ1v) is 12.1. The highest BCUT2D eigenvalue weighted by atomic mass is 16.5. The molecule has 2 aliphatic rings. The molecule has 1 fully saturated rings. The Morgan fingerprint density at radius 3 is 2.26 bits per heavy atom. The Bertz CT molecular complexity index is 1090. The predicted octanol–water partition coefficient (Wildman–Crippen LogP) is 4.07. The highest BCUT2D eigenvalue weighted by Crippen LogP contribution is 2.44. The van der Waals surface area contributed by atoms with Gasteiger partial charge in [0.1, 0.15) is 12.6 Å². The highest BCUT2D eigenvalue weighted by molar-refractivity contribution is 5.86. The van der Waals surface area contributed by atoms with Gasteiger partial charge < -0.3 is 20.5 Å². The molecular formula is C28H30N2O5. The molecule has 7 nitrogen and oxygen atoms in total. The molecular weight excluding hydrogens is 444 g/mol. The van der Waals surface area contributed by atoms with Crippen molar-refractivity contribution in [2.24, 2.45) is 5.92 Å². The van der Waals surface area contributed by atoms with Crippen LogP contribution in [0.3, 0.4) is 0 Å². The molecule has 0 saturated heterocycles. The van der Waals surface area contributed by atoms with Crippen LogP contribution in [0, 0.1) is 18.3 Å². The molecule has 2 aromatic rings. The van der Waals surface area contributed by atoms with Gasteiger partial charge in [-0.15, -0.1) is 12.3 Å². The van der Waals surface area contributed by atoms with Gasteiger partial charge in [-0.1, -0.05) is 67.8 Å². The number of fused-ring (bicyclic) bond motifs is 3. The number of ether oxygens (including phenoxy) is 1. The number of terminal acetylenes is 1. The van der Waals surface area contributed by atoms with Crippen molar-refractivity contribution in [1.29, 1.82) is 0 Å². The number of hydrogen-bond acceptors (Lipinski definition) is 4. The number of carboxylic acid groups (broad SMARTS) is 1. The van der Waals surface area contributed by atoms with Gasteiger partial charge in [0.15, 0.2) is 0 Å². The molecule has 0 bridgehead atoms. The van der Waals surface area contributed by atoms with Crippen molar-refractivity contribution in [3.8, 4) is 23.5 Å². The molecule has 3 unspecified atom stereocenters. The molecule has 0 spiro atoms. The molecule has 0 aromatic heterocycles. The van der Waals surface area contributed by atoms with Crippen molar-refractivity contribution < 1.29 is 24.2 Å². The van der Waals surface area contributed by atoms with E-state index in [-0.39, 0.29) is 18.9 Å². The van der Waals surface area contributed by atoms with Crippen LogP contribution < -0.4 is 10.6 Å². The number of amides is 2. The second kappa shape index (κ2) is 11.1. The average Bonchev–Trinajstić information content (AvgIpc) is 2.98. The normalized spacial score (nSPS) is 19.9. The van der Waals surface area contributed by atoms with E-state index in [1.807, 2.05) is 24.3 Å². The zero-order valence-electron chi connectivity index (χ0n) is 19.5. The second-order valence-corrected chi connectivity index (χ2v) is 9.13. The monoisotopic (exact) mass is 474 g/mol. The van der Waals surface area contributed by atoms with Crippen LogP contribution in [0.15, 0.2) is 48.5 Å². The number of carbonyl (C=O) groups excluding carboxylic acids is 2. The first-order chi connectivity index (χ1) is 17.0. The summed E-state index contributed by atoms with van der Waals surface area (Å²) in [5.74, 6) is 0.108. The molecule has 0 radical (unpaired) electrons. The fourth-order valence-electron chi connectivity index (χ4n) is 5.18. The third-order valence-corrected chi connectivity index (χ3v) is 6.94. The maximum atomic E-state index is 12.9. The SMILES string of the molecule is C#CCC(NC(=O)C1CCCCCC1NC(=O)OCC1c2ccccc2-c2ccccc21)C(=O)O. The van der Waals surface area contributed by atoms with Crippen LogP contribution in [0.4, 0.5) is 4.79 Å². The minimum absolute atomic E-state index is 0.0542.